The van der Waals surface area contributed by atoms with Crippen LogP contribution in [-0.4, -0.2) is 89.2 Å². The van der Waals surface area contributed by atoms with E-state index in [1.165, 1.54) is 7.11 Å². The average Bonchev–Trinajstić information content (AvgIpc) is 3.69. The van der Waals surface area contributed by atoms with Gasteiger partial charge < -0.3 is 24.4 Å². The molecule has 0 bridgehead atoms. The topological polar surface area (TPSA) is 175 Å². The van der Waals surface area contributed by atoms with E-state index in [9.17, 15) is 22.8 Å². The number of hydrogen-bond donors (Lipinski definition) is 1. The number of halogens is 1. The van der Waals surface area contributed by atoms with Gasteiger partial charge in [-0.25, -0.2) is 32.9 Å². The van der Waals surface area contributed by atoms with E-state index in [0.717, 1.165) is 15.1 Å². The molecule has 7 rings (SSSR count). The van der Waals surface area contributed by atoms with Crippen molar-refractivity contribution >= 4 is 73.6 Å². The number of carbonyl (C=O) groups excluding carboxylic acids is 3. The highest BCUT2D eigenvalue weighted by Gasteiger charge is 2.68. The Morgan fingerprint density at radius 1 is 0.946 bits per heavy atom. The Morgan fingerprint density at radius 3 is 2.23 bits per heavy atom. The number of methoxy groups -OCH3 is 1. The molecule has 0 unspecified atom stereocenters. The zero-order valence-electron chi connectivity index (χ0n) is 32.9. The van der Waals surface area contributed by atoms with Gasteiger partial charge in [-0.1, -0.05) is 31.5 Å². The maximum absolute atomic E-state index is 14.4. The van der Waals surface area contributed by atoms with E-state index < -0.39 is 44.5 Å². The van der Waals surface area contributed by atoms with Crippen LogP contribution in [0.1, 0.15) is 90.6 Å². The molecule has 2 aromatic heterocycles. The standard InChI is InChI=1S/C39H46ClN7O8S/c1-21(2)30-41-32(29(40)33(43-30)45-14-16-56(51,52)17-15-45)42-31-24-12-10-22(18-28(24)47(44-31)36(50)55-38(6,7)8)26-20-39(26)25-19-23(53-9)11-13-27(25)46(34(39)48)35(49)54-37(3,4)5/h10-13,18-19,21,26H,14-17,20H2,1-9H3,(H,41,42,43,44)/t26-,39-/m0/s1. The first-order chi connectivity index (χ1) is 26.1. The second-order valence-corrected chi connectivity index (χ2v) is 19.4. The molecule has 2 amide bonds. The first-order valence-electron chi connectivity index (χ1n) is 18.4. The number of carbonyl (C=O) groups is 3. The fourth-order valence-electron chi connectivity index (χ4n) is 7.23. The number of sulfone groups is 1. The van der Waals surface area contributed by atoms with Crippen molar-refractivity contribution in [2.45, 2.75) is 90.3 Å². The molecule has 0 radical (unpaired) electrons. The third-order valence-electron chi connectivity index (χ3n) is 9.97. The molecule has 1 N–H and O–H groups in total. The largest absolute Gasteiger partial charge is 0.497 e. The van der Waals surface area contributed by atoms with Crippen molar-refractivity contribution in [3.63, 3.8) is 0 Å². The number of rotatable bonds is 6. The number of aromatic nitrogens is 4. The SMILES string of the molecule is COc1ccc2c(c1)[C@]1(C[C@H]1c1ccc3c(Nc4nc(C(C)C)nc(N5CCS(=O)(=O)CC5)c4Cl)nn(C(=O)OC(C)(C)C)c3c1)C(=O)N2C(=O)OC(C)(C)C. The Hall–Kier alpha value is -4.96. The van der Waals surface area contributed by atoms with Crippen LogP contribution in [0.2, 0.25) is 5.02 Å². The van der Waals surface area contributed by atoms with Gasteiger partial charge in [0.1, 0.15) is 27.8 Å². The highest BCUT2D eigenvalue weighted by molar-refractivity contribution is 7.91. The lowest BCUT2D eigenvalue weighted by Gasteiger charge is -2.29. The lowest BCUT2D eigenvalue weighted by Crippen LogP contribution is -2.41. The minimum absolute atomic E-state index is 0.0214. The summed E-state index contributed by atoms with van der Waals surface area (Å²) < 4.78 is 42.5. The molecule has 56 heavy (non-hydrogen) atoms. The summed E-state index contributed by atoms with van der Waals surface area (Å²) in [6.07, 6.45) is -1.09. The van der Waals surface area contributed by atoms with Crippen LogP contribution in [0.5, 0.6) is 5.75 Å². The van der Waals surface area contributed by atoms with Crippen LogP contribution in [0.3, 0.4) is 0 Å². The molecule has 1 saturated carbocycles. The van der Waals surface area contributed by atoms with Crippen LogP contribution in [0.15, 0.2) is 36.4 Å². The predicted molar refractivity (Wildman–Crippen MR) is 212 cm³/mol. The van der Waals surface area contributed by atoms with Gasteiger partial charge in [0.05, 0.1) is 35.2 Å². The summed E-state index contributed by atoms with van der Waals surface area (Å²) in [7, 11) is -1.62. The summed E-state index contributed by atoms with van der Waals surface area (Å²) in [5.41, 5.74) is -0.509. The van der Waals surface area contributed by atoms with Crippen LogP contribution < -0.4 is 19.9 Å². The summed E-state index contributed by atoms with van der Waals surface area (Å²) >= 11 is 6.96. The number of amides is 2. The van der Waals surface area contributed by atoms with E-state index in [2.05, 4.69) is 10.4 Å². The quantitative estimate of drug-likeness (QED) is 0.209. The molecule has 2 fully saturated rings. The fraction of sp³-hybridized carbons (Fsp3) is 0.487. The Labute approximate surface area is 330 Å². The van der Waals surface area contributed by atoms with Gasteiger partial charge in [-0.2, -0.15) is 4.68 Å². The number of nitrogens with zero attached hydrogens (tertiary/aromatic N) is 6. The number of hydrogen-bond acceptors (Lipinski definition) is 13. The number of imide groups is 1. The van der Waals surface area contributed by atoms with E-state index in [1.807, 2.05) is 24.8 Å². The molecule has 2 atom stereocenters. The molecule has 15 nitrogen and oxygen atoms in total. The highest BCUT2D eigenvalue weighted by atomic mass is 35.5. The summed E-state index contributed by atoms with van der Waals surface area (Å²) in [5.74, 6) is 1.01. The van der Waals surface area contributed by atoms with E-state index >= 15 is 0 Å². The minimum Gasteiger partial charge on any atom is -0.497 e. The molecule has 1 spiro atoms. The van der Waals surface area contributed by atoms with Crippen molar-refractivity contribution in [1.29, 1.82) is 0 Å². The average molecular weight is 808 g/mol. The zero-order chi connectivity index (χ0) is 40.7. The Morgan fingerprint density at radius 2 is 1.61 bits per heavy atom. The van der Waals surface area contributed by atoms with Gasteiger partial charge in [0, 0.05) is 30.3 Å². The van der Waals surface area contributed by atoms with Crippen LogP contribution >= 0.6 is 11.6 Å². The summed E-state index contributed by atoms with van der Waals surface area (Å²) in [4.78, 5) is 53.9. The van der Waals surface area contributed by atoms with Crippen molar-refractivity contribution in [3.8, 4) is 5.75 Å². The lowest BCUT2D eigenvalue weighted by atomic mass is 9.91. The van der Waals surface area contributed by atoms with Crippen molar-refractivity contribution in [1.82, 2.24) is 19.7 Å². The molecule has 4 heterocycles. The van der Waals surface area contributed by atoms with Gasteiger partial charge in [-0.3, -0.25) is 4.79 Å². The monoisotopic (exact) mass is 807 g/mol. The number of benzene rings is 2. The molecule has 1 aliphatic carbocycles. The number of fused-ring (bicyclic) bond motifs is 3. The van der Waals surface area contributed by atoms with Crippen molar-refractivity contribution in [2.75, 3.05) is 46.8 Å². The van der Waals surface area contributed by atoms with E-state index in [0.29, 0.717) is 46.0 Å². The van der Waals surface area contributed by atoms with Crippen molar-refractivity contribution < 1.29 is 37.0 Å². The van der Waals surface area contributed by atoms with Gasteiger partial charge in [0.25, 0.3) is 0 Å². The zero-order valence-corrected chi connectivity index (χ0v) is 34.5. The van der Waals surface area contributed by atoms with Gasteiger partial charge >= 0.3 is 12.2 Å². The van der Waals surface area contributed by atoms with Gasteiger partial charge in [-0.15, -0.1) is 5.10 Å². The molecule has 4 aromatic rings. The van der Waals surface area contributed by atoms with Crippen LogP contribution in [0.4, 0.5) is 32.7 Å². The summed E-state index contributed by atoms with van der Waals surface area (Å²) in [6, 6.07) is 10.7. The maximum Gasteiger partial charge on any atom is 0.435 e. The number of anilines is 4. The summed E-state index contributed by atoms with van der Waals surface area (Å²) in [5, 5.41) is 8.61. The fourth-order valence-corrected chi connectivity index (χ4v) is 8.68. The Balaban J connectivity index is 1.30. The third-order valence-corrected chi connectivity index (χ3v) is 11.9. The van der Waals surface area contributed by atoms with Crippen molar-refractivity contribution in [2.24, 2.45) is 0 Å². The van der Waals surface area contributed by atoms with Gasteiger partial charge in [0.15, 0.2) is 27.3 Å². The molecular formula is C39H46ClN7O8S. The van der Waals surface area contributed by atoms with Crippen LogP contribution in [-0.2, 0) is 29.5 Å². The molecule has 3 aliphatic rings. The maximum atomic E-state index is 14.4. The second kappa shape index (κ2) is 13.6. The van der Waals surface area contributed by atoms with E-state index in [4.69, 9.17) is 35.8 Å². The minimum atomic E-state index is -3.16. The van der Waals surface area contributed by atoms with Crippen molar-refractivity contribution in [3.05, 3.63) is 58.4 Å². The predicted octanol–water partition coefficient (Wildman–Crippen LogP) is 7.08. The molecular weight excluding hydrogens is 762 g/mol. The lowest BCUT2D eigenvalue weighted by molar-refractivity contribution is -0.120. The van der Waals surface area contributed by atoms with Gasteiger partial charge in [-0.05, 0) is 89.4 Å². The smallest absolute Gasteiger partial charge is 0.435 e. The normalized spacial score (nSPS) is 20.4. The van der Waals surface area contributed by atoms with Crippen LogP contribution in [0, 0.1) is 0 Å². The third kappa shape index (κ3) is 7.12. The number of ether oxygens (including phenoxy) is 3. The number of nitrogens with one attached hydrogen (secondary N) is 1. The molecule has 1 saturated heterocycles. The molecule has 2 aromatic carbocycles. The Kier molecular flexibility index (Phi) is 9.55. The van der Waals surface area contributed by atoms with E-state index in [1.54, 1.807) is 71.9 Å². The van der Waals surface area contributed by atoms with Gasteiger partial charge in [0.2, 0.25) is 5.91 Å². The second-order valence-electron chi connectivity index (χ2n) is 16.7. The van der Waals surface area contributed by atoms with E-state index in [-0.39, 0.29) is 53.1 Å². The molecule has 298 valence electrons. The van der Waals surface area contributed by atoms with Crippen LogP contribution in [0.25, 0.3) is 10.9 Å². The molecule has 17 heteroatoms. The summed E-state index contributed by atoms with van der Waals surface area (Å²) in [6.45, 7) is 14.8. The Bertz CT molecular complexity index is 2390. The highest BCUT2D eigenvalue weighted by Crippen LogP contribution is 2.67. The first kappa shape index (κ1) is 39.3. The first-order valence-corrected chi connectivity index (χ1v) is 20.6. The molecule has 2 aliphatic heterocycles.